The van der Waals surface area contributed by atoms with Crippen LogP contribution in [0.2, 0.25) is 0 Å². The molecular weight excluding hydrogens is 194 g/mol. The second-order valence-electron chi connectivity index (χ2n) is 3.59. The number of nitrogens with zero attached hydrogens (tertiary/aromatic N) is 1. The fourth-order valence-corrected chi connectivity index (χ4v) is 1.78. The largest absolute Gasteiger partial charge is 0.507 e. The Kier molecular flexibility index (Phi) is 2.21. The Hall–Kier alpha value is -1.80. The van der Waals surface area contributed by atoms with Gasteiger partial charge in [-0.25, -0.2) is 4.79 Å². The Balaban J connectivity index is 2.56. The molecule has 0 aromatic heterocycles. The summed E-state index contributed by atoms with van der Waals surface area (Å²) in [5.74, 6) is 0.678. The number of rotatable bonds is 3. The Morgan fingerprint density at radius 2 is 2.27 bits per heavy atom. The van der Waals surface area contributed by atoms with Gasteiger partial charge in [0.05, 0.1) is 12.7 Å². The van der Waals surface area contributed by atoms with Crippen LogP contribution in [0.3, 0.4) is 0 Å². The molecule has 15 heavy (non-hydrogen) atoms. The summed E-state index contributed by atoms with van der Waals surface area (Å²) in [6, 6.07) is 5.01. The maximum Gasteiger partial charge on any atom is 0.235 e. The number of phenols is 1. The minimum atomic E-state index is -0.599. The van der Waals surface area contributed by atoms with Crippen LogP contribution in [0.4, 0.5) is 0 Å². The van der Waals surface area contributed by atoms with Crippen molar-refractivity contribution in [1.29, 1.82) is 0 Å². The molecule has 0 unspecified atom stereocenters. The number of isocyanates is 1. The molecule has 0 bridgehead atoms. The molecule has 0 radical (unpaired) electrons. The molecule has 4 heteroatoms. The normalized spacial score (nSPS) is 16.6. The number of carbonyl (C=O) groups excluding carboxylic acids is 1. The Morgan fingerprint density at radius 1 is 1.53 bits per heavy atom. The summed E-state index contributed by atoms with van der Waals surface area (Å²) in [4.78, 5) is 14.1. The molecule has 78 valence electrons. The lowest BCUT2D eigenvalue weighted by molar-refractivity contribution is 0.391. The molecule has 0 heterocycles. The number of aliphatic imine (C=N–C) groups is 1. The van der Waals surface area contributed by atoms with Crippen LogP contribution in [0, 0.1) is 0 Å². The molecule has 0 spiro atoms. The van der Waals surface area contributed by atoms with E-state index in [1.54, 1.807) is 24.3 Å². The van der Waals surface area contributed by atoms with E-state index in [1.165, 1.54) is 7.11 Å². The molecule has 2 rings (SSSR count). The van der Waals surface area contributed by atoms with Gasteiger partial charge in [-0.05, 0) is 25.0 Å². The highest BCUT2D eigenvalue weighted by molar-refractivity contribution is 5.53. The van der Waals surface area contributed by atoms with Crippen molar-refractivity contribution >= 4 is 6.08 Å². The third-order valence-electron chi connectivity index (χ3n) is 2.67. The van der Waals surface area contributed by atoms with Crippen molar-refractivity contribution in [3.63, 3.8) is 0 Å². The highest BCUT2D eigenvalue weighted by Gasteiger charge is 2.48. The minimum Gasteiger partial charge on any atom is -0.507 e. The molecule has 1 aromatic rings. The first-order chi connectivity index (χ1) is 7.23. The topological polar surface area (TPSA) is 58.9 Å². The van der Waals surface area contributed by atoms with Crippen LogP contribution in [-0.4, -0.2) is 18.3 Å². The summed E-state index contributed by atoms with van der Waals surface area (Å²) in [7, 11) is 1.53. The Morgan fingerprint density at radius 3 is 2.80 bits per heavy atom. The van der Waals surface area contributed by atoms with Gasteiger partial charge in [-0.2, -0.15) is 4.99 Å². The summed E-state index contributed by atoms with van der Waals surface area (Å²) in [5, 5.41) is 9.75. The van der Waals surface area contributed by atoms with Gasteiger partial charge >= 0.3 is 0 Å². The van der Waals surface area contributed by atoms with Crippen molar-refractivity contribution in [1.82, 2.24) is 0 Å². The van der Waals surface area contributed by atoms with Crippen molar-refractivity contribution in [2.75, 3.05) is 7.11 Å². The first kappa shape index (κ1) is 9.74. The lowest BCUT2D eigenvalue weighted by atomic mass is 10.0. The number of aromatic hydroxyl groups is 1. The molecule has 1 aromatic carbocycles. The summed E-state index contributed by atoms with van der Waals surface area (Å²) >= 11 is 0. The summed E-state index contributed by atoms with van der Waals surface area (Å²) in [6.07, 6.45) is 3.05. The van der Waals surface area contributed by atoms with Gasteiger partial charge in [0.15, 0.2) is 0 Å². The fraction of sp³-hybridized carbons (Fsp3) is 0.364. The molecule has 1 aliphatic rings. The molecular formula is C11H11NO3. The molecule has 1 N–H and O–H groups in total. The number of methoxy groups -OCH3 is 1. The number of hydrogen-bond donors (Lipinski definition) is 1. The quantitative estimate of drug-likeness (QED) is 0.603. The standard InChI is InChI=1S/C11H11NO3/c1-15-9-4-2-3-8(14)10(9)11(5-6-11)12-7-13/h2-4,14H,5-6H2,1H3. The van der Waals surface area contributed by atoms with Gasteiger partial charge in [0.25, 0.3) is 0 Å². The van der Waals surface area contributed by atoms with Gasteiger partial charge < -0.3 is 9.84 Å². The highest BCUT2D eigenvalue weighted by atomic mass is 16.5. The highest BCUT2D eigenvalue weighted by Crippen LogP contribution is 2.55. The SMILES string of the molecule is COc1cccc(O)c1C1(N=C=O)CC1. The molecule has 0 aliphatic heterocycles. The fourth-order valence-electron chi connectivity index (χ4n) is 1.78. The molecule has 1 fully saturated rings. The number of phenolic OH excluding ortho intramolecular Hbond substituents is 1. The van der Waals surface area contributed by atoms with E-state index < -0.39 is 5.54 Å². The van der Waals surface area contributed by atoms with E-state index in [2.05, 4.69) is 4.99 Å². The Labute approximate surface area is 87.2 Å². The van der Waals surface area contributed by atoms with Crippen LogP contribution in [0.5, 0.6) is 11.5 Å². The zero-order chi connectivity index (χ0) is 10.9. The molecule has 1 saturated carbocycles. The zero-order valence-corrected chi connectivity index (χ0v) is 8.36. The second kappa shape index (κ2) is 3.41. The molecule has 4 nitrogen and oxygen atoms in total. The van der Waals surface area contributed by atoms with Crippen molar-refractivity contribution < 1.29 is 14.6 Å². The third-order valence-corrected chi connectivity index (χ3v) is 2.67. The van der Waals surface area contributed by atoms with Crippen LogP contribution in [0.25, 0.3) is 0 Å². The number of hydrogen-bond acceptors (Lipinski definition) is 4. The van der Waals surface area contributed by atoms with Crippen LogP contribution in [-0.2, 0) is 10.3 Å². The van der Waals surface area contributed by atoms with Gasteiger partial charge in [-0.3, -0.25) is 0 Å². The van der Waals surface area contributed by atoms with Crippen molar-refractivity contribution in [2.45, 2.75) is 18.4 Å². The van der Waals surface area contributed by atoms with Crippen LogP contribution in [0.15, 0.2) is 23.2 Å². The summed E-state index contributed by atoms with van der Waals surface area (Å²) in [5.41, 5.74) is -0.00539. The predicted molar refractivity (Wildman–Crippen MR) is 53.7 cm³/mol. The second-order valence-corrected chi connectivity index (χ2v) is 3.59. The first-order valence-electron chi connectivity index (χ1n) is 4.69. The van der Waals surface area contributed by atoms with Crippen molar-refractivity contribution in [2.24, 2.45) is 4.99 Å². The van der Waals surface area contributed by atoms with Gasteiger partial charge in [-0.1, -0.05) is 6.07 Å². The monoisotopic (exact) mass is 205 g/mol. The van der Waals surface area contributed by atoms with E-state index in [9.17, 15) is 9.90 Å². The summed E-state index contributed by atoms with van der Waals surface area (Å²) in [6.45, 7) is 0. The van der Waals surface area contributed by atoms with Crippen molar-refractivity contribution in [3.8, 4) is 11.5 Å². The van der Waals surface area contributed by atoms with E-state index in [0.717, 1.165) is 12.8 Å². The van der Waals surface area contributed by atoms with Crippen LogP contribution in [0.1, 0.15) is 18.4 Å². The first-order valence-corrected chi connectivity index (χ1v) is 4.69. The maximum absolute atomic E-state index is 10.3. The predicted octanol–water partition coefficient (Wildman–Crippen LogP) is 1.73. The van der Waals surface area contributed by atoms with E-state index in [0.29, 0.717) is 11.3 Å². The molecule has 0 saturated heterocycles. The molecule has 0 amide bonds. The van der Waals surface area contributed by atoms with Crippen molar-refractivity contribution in [3.05, 3.63) is 23.8 Å². The van der Waals surface area contributed by atoms with Gasteiger partial charge in [-0.15, -0.1) is 0 Å². The minimum absolute atomic E-state index is 0.117. The number of benzene rings is 1. The van der Waals surface area contributed by atoms with Gasteiger partial charge in [0, 0.05) is 0 Å². The average molecular weight is 205 g/mol. The van der Waals surface area contributed by atoms with Crippen LogP contribution < -0.4 is 4.74 Å². The van der Waals surface area contributed by atoms with Gasteiger partial charge in [0.2, 0.25) is 6.08 Å². The lowest BCUT2D eigenvalue weighted by Gasteiger charge is -2.14. The van der Waals surface area contributed by atoms with E-state index in [-0.39, 0.29) is 5.75 Å². The van der Waals surface area contributed by atoms with Crippen LogP contribution >= 0.6 is 0 Å². The average Bonchev–Trinajstić information content (AvgIpc) is 2.98. The Bertz CT molecular complexity index is 431. The van der Waals surface area contributed by atoms with E-state index in [4.69, 9.17) is 4.74 Å². The molecule has 1 aliphatic carbocycles. The summed E-state index contributed by atoms with van der Waals surface area (Å²) < 4.78 is 5.15. The lowest BCUT2D eigenvalue weighted by Crippen LogP contribution is -2.05. The third kappa shape index (κ3) is 1.49. The van der Waals surface area contributed by atoms with E-state index in [1.807, 2.05) is 0 Å². The maximum atomic E-state index is 10.3. The van der Waals surface area contributed by atoms with Gasteiger partial charge in [0.1, 0.15) is 17.0 Å². The molecule has 0 atom stereocenters. The smallest absolute Gasteiger partial charge is 0.235 e. The van der Waals surface area contributed by atoms with E-state index >= 15 is 0 Å². The number of ether oxygens (including phenoxy) is 1. The zero-order valence-electron chi connectivity index (χ0n) is 8.36.